The number of esters is 1. The molecule has 0 N–H and O–H groups in total. The first kappa shape index (κ1) is 13.2. The van der Waals surface area contributed by atoms with Crippen molar-refractivity contribution < 1.29 is 14.3 Å². The van der Waals surface area contributed by atoms with E-state index in [2.05, 4.69) is 0 Å². The van der Waals surface area contributed by atoms with Gasteiger partial charge >= 0.3 is 105 Å². The summed E-state index contributed by atoms with van der Waals surface area (Å²) in [6.45, 7) is 3.76. The van der Waals surface area contributed by atoms with Gasteiger partial charge in [-0.3, -0.25) is 0 Å². The third kappa shape index (κ3) is 3.96. The Hall–Kier alpha value is -0.850. The molecule has 86 valence electrons. The monoisotopic (exact) mass is 336 g/mol. The summed E-state index contributed by atoms with van der Waals surface area (Å²) >= 11 is -0.663. The first-order valence-corrected chi connectivity index (χ1v) is 7.84. The Bertz CT molecular complexity index is 388. The van der Waals surface area contributed by atoms with Gasteiger partial charge in [-0.15, -0.1) is 0 Å². The van der Waals surface area contributed by atoms with Crippen LogP contribution in [0.5, 0.6) is 0 Å². The van der Waals surface area contributed by atoms with Gasteiger partial charge in [0.2, 0.25) is 0 Å². The molecule has 1 aromatic rings. The second-order valence-corrected chi connectivity index (χ2v) is 6.05. The number of hydrogen-bond acceptors (Lipinski definition) is 3. The summed E-state index contributed by atoms with van der Waals surface area (Å²) in [6, 6.07) is 7.49. The molecule has 0 fully saturated rings. The maximum atomic E-state index is 11.3. The predicted octanol–water partition coefficient (Wildman–Crippen LogP) is 1.20. The molecule has 0 aliphatic heterocycles. The van der Waals surface area contributed by atoms with Crippen molar-refractivity contribution in [2.24, 2.45) is 0 Å². The van der Waals surface area contributed by atoms with Crippen LogP contribution >= 0.6 is 0 Å². The zero-order chi connectivity index (χ0) is 12.0. The molecule has 0 unspecified atom stereocenters. The Kier molecular flexibility index (Phi) is 5.51. The summed E-state index contributed by atoms with van der Waals surface area (Å²) in [5.74, 6) is -0.104. The second-order valence-electron chi connectivity index (χ2n) is 3.15. The first-order chi connectivity index (χ1) is 7.65. The number of benzene rings is 1. The van der Waals surface area contributed by atoms with E-state index in [4.69, 9.17) is 4.74 Å². The molecule has 0 saturated heterocycles. The van der Waals surface area contributed by atoms with Crippen molar-refractivity contribution >= 4 is 36.3 Å². The Balaban J connectivity index is 2.66. The molecule has 0 radical (unpaired) electrons. The van der Waals surface area contributed by atoms with Crippen LogP contribution in [0, 0.1) is 0 Å². The molecule has 4 heteroatoms. The van der Waals surface area contributed by atoms with Crippen LogP contribution in [-0.4, -0.2) is 39.3 Å². The van der Waals surface area contributed by atoms with Crippen molar-refractivity contribution in [2.45, 2.75) is 18.3 Å². The van der Waals surface area contributed by atoms with Crippen molar-refractivity contribution in [3.8, 4) is 0 Å². The van der Waals surface area contributed by atoms with Gasteiger partial charge < -0.3 is 0 Å². The normalized spacial score (nSPS) is 9.88. The Morgan fingerprint density at radius 2 is 2.00 bits per heavy atom. The van der Waals surface area contributed by atoms with E-state index in [1.807, 2.05) is 24.3 Å². The summed E-state index contributed by atoms with van der Waals surface area (Å²) in [6.07, 6.45) is 0. The molecule has 0 atom stereocenters. The SMILES string of the molecule is CCOC(=O)C[Te]c1ccccc1C(C)=O. The quantitative estimate of drug-likeness (QED) is 0.462. The van der Waals surface area contributed by atoms with Crippen LogP contribution in [0.25, 0.3) is 0 Å². The number of ketones is 1. The molecule has 1 rings (SSSR count). The van der Waals surface area contributed by atoms with Gasteiger partial charge in [0, 0.05) is 0 Å². The van der Waals surface area contributed by atoms with Crippen LogP contribution in [-0.2, 0) is 9.53 Å². The zero-order valence-corrected chi connectivity index (χ0v) is 11.7. The van der Waals surface area contributed by atoms with E-state index in [-0.39, 0.29) is 11.8 Å². The van der Waals surface area contributed by atoms with E-state index < -0.39 is 20.9 Å². The maximum absolute atomic E-state index is 11.3. The van der Waals surface area contributed by atoms with Crippen LogP contribution in [0.3, 0.4) is 0 Å². The van der Waals surface area contributed by atoms with Crippen LogP contribution in [0.4, 0.5) is 0 Å². The number of hydrogen-bond donors (Lipinski definition) is 0. The van der Waals surface area contributed by atoms with Crippen molar-refractivity contribution in [1.29, 1.82) is 0 Å². The predicted molar refractivity (Wildman–Crippen MR) is 63.3 cm³/mol. The number of rotatable bonds is 5. The molecule has 0 aliphatic rings. The third-order valence-corrected chi connectivity index (χ3v) is 4.91. The van der Waals surface area contributed by atoms with E-state index >= 15 is 0 Å². The summed E-state index contributed by atoms with van der Waals surface area (Å²) in [7, 11) is 0. The summed E-state index contributed by atoms with van der Waals surface area (Å²) in [5, 5.41) is 0. The van der Waals surface area contributed by atoms with Gasteiger partial charge in [-0.05, 0) is 0 Å². The Labute approximate surface area is 105 Å². The molecule has 0 aliphatic carbocycles. The molecule has 0 aromatic heterocycles. The fraction of sp³-hybridized carbons (Fsp3) is 0.333. The van der Waals surface area contributed by atoms with Crippen LogP contribution < -0.4 is 3.61 Å². The molecular weight excluding hydrogens is 320 g/mol. The summed E-state index contributed by atoms with van der Waals surface area (Å²) in [4.78, 5) is 22.6. The molecule has 16 heavy (non-hydrogen) atoms. The summed E-state index contributed by atoms with van der Waals surface area (Å²) in [5.41, 5.74) is 0.745. The molecule has 1 aromatic carbocycles. The third-order valence-electron chi connectivity index (χ3n) is 1.92. The number of Topliss-reactive ketones (excluding diaryl/α,β-unsaturated/α-hetero) is 1. The number of ether oxygens (including phenoxy) is 1. The van der Waals surface area contributed by atoms with E-state index in [0.29, 0.717) is 11.1 Å². The van der Waals surface area contributed by atoms with E-state index in [1.165, 1.54) is 0 Å². The molecule has 0 spiro atoms. The van der Waals surface area contributed by atoms with Gasteiger partial charge in [-0.25, -0.2) is 0 Å². The van der Waals surface area contributed by atoms with E-state index in [9.17, 15) is 9.59 Å². The van der Waals surface area contributed by atoms with Gasteiger partial charge in [-0.1, -0.05) is 0 Å². The van der Waals surface area contributed by atoms with Crippen LogP contribution in [0.15, 0.2) is 24.3 Å². The van der Waals surface area contributed by atoms with Gasteiger partial charge in [0.1, 0.15) is 0 Å². The van der Waals surface area contributed by atoms with Gasteiger partial charge in [0.25, 0.3) is 0 Å². The van der Waals surface area contributed by atoms with Crippen molar-refractivity contribution in [3.63, 3.8) is 0 Å². The minimum atomic E-state index is -0.663. The number of carbonyl (C=O) groups is 2. The van der Waals surface area contributed by atoms with Crippen molar-refractivity contribution in [3.05, 3.63) is 29.8 Å². The van der Waals surface area contributed by atoms with Crippen molar-refractivity contribution in [1.82, 2.24) is 0 Å². The Morgan fingerprint density at radius 3 is 2.62 bits per heavy atom. The van der Waals surface area contributed by atoms with Gasteiger partial charge in [0.05, 0.1) is 0 Å². The molecule has 0 amide bonds. The minimum absolute atomic E-state index is 0.0598. The molecule has 3 nitrogen and oxygen atoms in total. The first-order valence-electron chi connectivity index (χ1n) is 5.03. The topological polar surface area (TPSA) is 43.4 Å². The molecule has 0 heterocycles. The van der Waals surface area contributed by atoms with Crippen LogP contribution in [0.1, 0.15) is 24.2 Å². The molecule has 0 saturated carbocycles. The Morgan fingerprint density at radius 1 is 1.31 bits per heavy atom. The standard InChI is InChI=1S/C12H14O3Te/c1-3-15-12(14)8-16-11-7-5-4-6-10(11)9(2)13/h4-7H,3,8H2,1-2H3. The fourth-order valence-electron chi connectivity index (χ4n) is 1.22. The second kappa shape index (κ2) is 6.67. The average Bonchev–Trinajstić information content (AvgIpc) is 2.27. The van der Waals surface area contributed by atoms with E-state index in [1.54, 1.807) is 13.8 Å². The number of carbonyl (C=O) groups excluding carboxylic acids is 2. The zero-order valence-electron chi connectivity index (χ0n) is 9.36. The molecule has 0 bridgehead atoms. The van der Waals surface area contributed by atoms with E-state index in [0.717, 1.165) is 9.17 Å². The fourth-order valence-corrected chi connectivity index (χ4v) is 3.79. The van der Waals surface area contributed by atoms with Gasteiger partial charge in [-0.2, -0.15) is 0 Å². The van der Waals surface area contributed by atoms with Gasteiger partial charge in [0.15, 0.2) is 0 Å². The van der Waals surface area contributed by atoms with Crippen molar-refractivity contribution in [2.75, 3.05) is 6.61 Å². The molecular formula is C12H14O3Te. The average molecular weight is 334 g/mol. The van der Waals surface area contributed by atoms with Crippen LogP contribution in [0.2, 0.25) is 4.47 Å². The summed E-state index contributed by atoms with van der Waals surface area (Å²) < 4.78 is 6.36.